The number of anilines is 1. The zero-order chi connectivity index (χ0) is 29.1. The summed E-state index contributed by atoms with van der Waals surface area (Å²) in [5.41, 5.74) is 4.70. The smallest absolute Gasteiger partial charge is 0.145 e. The molecule has 1 aromatic heterocycles. The van der Waals surface area contributed by atoms with Gasteiger partial charge in [-0.25, -0.2) is 9.97 Å². The van der Waals surface area contributed by atoms with E-state index in [2.05, 4.69) is 108 Å². The van der Waals surface area contributed by atoms with Gasteiger partial charge in [-0.3, -0.25) is 9.80 Å². The molecule has 0 saturated carbocycles. The summed E-state index contributed by atoms with van der Waals surface area (Å²) in [7, 11) is 2.13. The van der Waals surface area contributed by atoms with Gasteiger partial charge in [0, 0.05) is 48.7 Å². The highest BCUT2D eigenvalue weighted by atomic mass is 35.5. The summed E-state index contributed by atoms with van der Waals surface area (Å²) in [5.74, 6) is 1.83. The summed E-state index contributed by atoms with van der Waals surface area (Å²) in [5, 5.41) is 2.57. The lowest BCUT2D eigenvalue weighted by molar-refractivity contribution is 0.103. The van der Waals surface area contributed by atoms with Crippen LogP contribution in [0, 0.1) is 0 Å². The number of rotatable bonds is 8. The molecule has 5 nitrogen and oxygen atoms in total. The Balaban J connectivity index is 1.21. The molecule has 0 spiro atoms. The van der Waals surface area contributed by atoms with E-state index in [9.17, 15) is 0 Å². The number of hydrogen-bond acceptors (Lipinski definition) is 5. The first kappa shape index (κ1) is 28.6. The maximum atomic E-state index is 6.23. The van der Waals surface area contributed by atoms with Crippen LogP contribution < -0.4 is 4.90 Å². The quantitative estimate of drug-likeness (QED) is 0.181. The second kappa shape index (κ2) is 12.8. The Labute approximate surface area is 258 Å². The molecule has 0 N–H and O–H groups in total. The predicted molar refractivity (Wildman–Crippen MR) is 174 cm³/mol. The number of para-hydroxylation sites is 1. The van der Waals surface area contributed by atoms with Crippen LogP contribution in [0.2, 0.25) is 10.0 Å². The summed E-state index contributed by atoms with van der Waals surface area (Å²) < 4.78 is 0. The Morgan fingerprint density at radius 3 is 1.88 bits per heavy atom. The Morgan fingerprint density at radius 2 is 1.26 bits per heavy atom. The molecule has 214 valence electrons. The van der Waals surface area contributed by atoms with Gasteiger partial charge in [-0.2, -0.15) is 0 Å². The van der Waals surface area contributed by atoms with Crippen LogP contribution in [0.25, 0.3) is 10.9 Å². The maximum Gasteiger partial charge on any atom is 0.145 e. The second-order valence-electron chi connectivity index (χ2n) is 11.0. The first-order chi connectivity index (χ1) is 20.5. The van der Waals surface area contributed by atoms with Crippen molar-refractivity contribution in [1.29, 1.82) is 0 Å². The van der Waals surface area contributed by atoms with E-state index in [0.717, 1.165) is 58.8 Å². The standard InChI is InChI=1S/C35H35Cl2N5/c1-25(26-8-4-3-5-9-26)40(2)35-31-10-6-7-11-32(31)38-33(39-35)24-41-20-22-42(23-21-41)34(27-12-16-29(36)17-13-27)28-14-18-30(37)19-15-28/h3-19,25,34H,20-24H2,1-2H3. The molecule has 7 heteroatoms. The van der Waals surface area contributed by atoms with Crippen molar-refractivity contribution >= 4 is 39.9 Å². The lowest BCUT2D eigenvalue weighted by Crippen LogP contribution is -2.47. The molecule has 42 heavy (non-hydrogen) atoms. The van der Waals surface area contributed by atoms with Gasteiger partial charge in [0.1, 0.15) is 11.6 Å². The number of nitrogens with zero attached hydrogens (tertiary/aromatic N) is 5. The van der Waals surface area contributed by atoms with Crippen molar-refractivity contribution in [2.75, 3.05) is 38.1 Å². The summed E-state index contributed by atoms with van der Waals surface area (Å²) in [4.78, 5) is 17.4. The van der Waals surface area contributed by atoms with Crippen LogP contribution >= 0.6 is 23.2 Å². The van der Waals surface area contributed by atoms with Crippen molar-refractivity contribution in [2.24, 2.45) is 0 Å². The fraction of sp³-hybridized carbons (Fsp3) is 0.257. The third-order valence-electron chi connectivity index (χ3n) is 8.33. The van der Waals surface area contributed by atoms with Crippen LogP contribution in [0.15, 0.2) is 103 Å². The average molecular weight is 597 g/mol. The van der Waals surface area contributed by atoms with E-state index >= 15 is 0 Å². The summed E-state index contributed by atoms with van der Waals surface area (Å²) in [6, 6.07) is 35.6. The van der Waals surface area contributed by atoms with E-state index in [-0.39, 0.29) is 12.1 Å². The predicted octanol–water partition coefficient (Wildman–Crippen LogP) is 8.04. The monoisotopic (exact) mass is 595 g/mol. The van der Waals surface area contributed by atoms with Crippen molar-refractivity contribution in [3.05, 3.63) is 136 Å². The Morgan fingerprint density at radius 1 is 0.690 bits per heavy atom. The number of piperazine rings is 1. The molecule has 1 unspecified atom stereocenters. The molecule has 0 amide bonds. The molecule has 6 rings (SSSR count). The van der Waals surface area contributed by atoms with Gasteiger partial charge in [0.25, 0.3) is 0 Å². The fourth-order valence-corrected chi connectivity index (χ4v) is 6.12. The number of hydrogen-bond donors (Lipinski definition) is 0. The molecule has 1 saturated heterocycles. The molecule has 1 aliphatic rings. The SMILES string of the molecule is CC(c1ccccc1)N(C)c1nc(CN2CCN(C(c3ccc(Cl)cc3)c3ccc(Cl)cc3)CC2)nc2ccccc12. The molecule has 2 heterocycles. The minimum atomic E-state index is 0.137. The van der Waals surface area contributed by atoms with Crippen molar-refractivity contribution in [3.63, 3.8) is 0 Å². The zero-order valence-corrected chi connectivity index (χ0v) is 25.5. The average Bonchev–Trinajstić information content (AvgIpc) is 3.03. The Hall–Kier alpha value is -3.48. The molecule has 0 aliphatic carbocycles. The minimum absolute atomic E-state index is 0.137. The van der Waals surface area contributed by atoms with Crippen molar-refractivity contribution in [1.82, 2.24) is 19.8 Å². The normalized spacial score (nSPS) is 15.3. The molecular formula is C35H35Cl2N5. The van der Waals surface area contributed by atoms with Crippen LogP contribution in [0.5, 0.6) is 0 Å². The third kappa shape index (κ3) is 6.30. The zero-order valence-electron chi connectivity index (χ0n) is 24.0. The highest BCUT2D eigenvalue weighted by Crippen LogP contribution is 2.33. The minimum Gasteiger partial charge on any atom is -0.352 e. The molecule has 1 atom stereocenters. The Kier molecular flexibility index (Phi) is 8.73. The van der Waals surface area contributed by atoms with Gasteiger partial charge in [0.05, 0.1) is 24.1 Å². The van der Waals surface area contributed by atoms with Gasteiger partial charge in [-0.05, 0) is 60.0 Å². The highest BCUT2D eigenvalue weighted by molar-refractivity contribution is 6.30. The van der Waals surface area contributed by atoms with E-state index in [0.29, 0.717) is 6.54 Å². The second-order valence-corrected chi connectivity index (χ2v) is 11.9. The first-order valence-corrected chi connectivity index (χ1v) is 15.2. The van der Waals surface area contributed by atoms with Gasteiger partial charge in [-0.1, -0.05) is 89.9 Å². The Bertz CT molecular complexity index is 1570. The van der Waals surface area contributed by atoms with Crippen LogP contribution in [-0.2, 0) is 6.54 Å². The van der Waals surface area contributed by atoms with Crippen LogP contribution in [-0.4, -0.2) is 53.0 Å². The van der Waals surface area contributed by atoms with Crippen molar-refractivity contribution in [2.45, 2.75) is 25.6 Å². The van der Waals surface area contributed by atoms with E-state index in [1.807, 2.05) is 24.3 Å². The van der Waals surface area contributed by atoms with E-state index in [4.69, 9.17) is 33.2 Å². The number of fused-ring (bicyclic) bond motifs is 1. The molecule has 0 bridgehead atoms. The largest absolute Gasteiger partial charge is 0.352 e. The molecule has 4 aromatic carbocycles. The van der Waals surface area contributed by atoms with Gasteiger partial charge in [0.2, 0.25) is 0 Å². The summed E-state index contributed by atoms with van der Waals surface area (Å²) >= 11 is 12.5. The number of benzene rings is 4. The van der Waals surface area contributed by atoms with Crippen molar-refractivity contribution < 1.29 is 0 Å². The molecule has 1 aliphatic heterocycles. The topological polar surface area (TPSA) is 35.5 Å². The van der Waals surface area contributed by atoms with E-state index < -0.39 is 0 Å². The lowest BCUT2D eigenvalue weighted by atomic mass is 9.96. The van der Waals surface area contributed by atoms with E-state index in [1.165, 1.54) is 16.7 Å². The molecule has 1 fully saturated rings. The fourth-order valence-electron chi connectivity index (χ4n) is 5.87. The molecule has 0 radical (unpaired) electrons. The summed E-state index contributed by atoms with van der Waals surface area (Å²) in [6.45, 7) is 6.66. The molecule has 5 aromatic rings. The highest BCUT2D eigenvalue weighted by Gasteiger charge is 2.27. The lowest BCUT2D eigenvalue weighted by Gasteiger charge is -2.39. The van der Waals surface area contributed by atoms with Gasteiger partial charge in [0.15, 0.2) is 0 Å². The first-order valence-electron chi connectivity index (χ1n) is 14.5. The summed E-state index contributed by atoms with van der Waals surface area (Å²) in [6.07, 6.45) is 0. The van der Waals surface area contributed by atoms with E-state index in [1.54, 1.807) is 0 Å². The van der Waals surface area contributed by atoms with Crippen molar-refractivity contribution in [3.8, 4) is 0 Å². The number of halogens is 2. The number of aromatic nitrogens is 2. The van der Waals surface area contributed by atoms with Gasteiger partial charge >= 0.3 is 0 Å². The maximum absolute atomic E-state index is 6.23. The van der Waals surface area contributed by atoms with Crippen LogP contribution in [0.4, 0.5) is 5.82 Å². The van der Waals surface area contributed by atoms with Crippen LogP contribution in [0.3, 0.4) is 0 Å². The third-order valence-corrected chi connectivity index (χ3v) is 8.84. The molecular weight excluding hydrogens is 561 g/mol. The van der Waals surface area contributed by atoms with Gasteiger partial charge in [-0.15, -0.1) is 0 Å². The van der Waals surface area contributed by atoms with Gasteiger partial charge < -0.3 is 4.90 Å². The van der Waals surface area contributed by atoms with Crippen LogP contribution in [0.1, 0.15) is 41.5 Å².